The maximum absolute atomic E-state index is 5.21. The Labute approximate surface area is 320 Å². The maximum atomic E-state index is 5.21. The van der Waals surface area contributed by atoms with Gasteiger partial charge in [0.15, 0.2) is 0 Å². The van der Waals surface area contributed by atoms with Gasteiger partial charge in [-0.15, -0.1) is 11.3 Å². The number of hydrogen-bond acceptors (Lipinski definition) is 3. The molecule has 12 rings (SSSR count). The van der Waals surface area contributed by atoms with Crippen LogP contribution in [-0.4, -0.2) is 15.0 Å². The second-order valence-corrected chi connectivity index (χ2v) is 15.5. The van der Waals surface area contributed by atoms with Gasteiger partial charge in [0.05, 0.1) is 33.8 Å². The summed E-state index contributed by atoms with van der Waals surface area (Å²) < 4.78 is 7.52. The largest absolute Gasteiger partial charge is 0.359 e. The summed E-state index contributed by atoms with van der Waals surface area (Å²) in [4.78, 5) is 5.21. The van der Waals surface area contributed by atoms with E-state index >= 15 is 0 Å². The predicted molar refractivity (Wildman–Crippen MR) is 232 cm³/mol. The van der Waals surface area contributed by atoms with Gasteiger partial charge in [-0.05, 0) is 66.2 Å². The molecule has 4 nitrogen and oxygen atoms in total. The molecule has 1 N–H and O–H groups in total. The van der Waals surface area contributed by atoms with Crippen molar-refractivity contribution in [2.75, 3.05) is 0 Å². The topological polar surface area (TPSA) is 34.2 Å². The van der Waals surface area contributed by atoms with E-state index < -0.39 is 0 Å². The monoisotopic (exact) mass is 720 g/mol. The highest BCUT2D eigenvalue weighted by atomic mass is 32.1. The van der Waals surface area contributed by atoms with E-state index in [2.05, 4.69) is 196 Å². The number of nitrogens with one attached hydrogen (secondary N) is 1. The van der Waals surface area contributed by atoms with E-state index in [9.17, 15) is 0 Å². The van der Waals surface area contributed by atoms with Crippen molar-refractivity contribution in [2.24, 2.45) is 4.99 Å². The molecule has 258 valence electrons. The molecule has 0 spiro atoms. The lowest BCUT2D eigenvalue weighted by Gasteiger charge is -2.28. The normalized spacial score (nSPS) is 14.3. The minimum atomic E-state index is -0.00349. The Morgan fingerprint density at radius 3 is 2.07 bits per heavy atom. The molecular weight excluding hydrogens is 689 g/mol. The van der Waals surface area contributed by atoms with Crippen LogP contribution in [0.25, 0.3) is 75.2 Å². The summed E-state index contributed by atoms with van der Waals surface area (Å²) >= 11 is 1.90. The first kappa shape index (κ1) is 30.5. The van der Waals surface area contributed by atoms with E-state index in [1.165, 1.54) is 74.9 Å². The fourth-order valence-electron chi connectivity index (χ4n) is 8.93. The number of amidine groups is 1. The second kappa shape index (κ2) is 11.8. The summed E-state index contributed by atoms with van der Waals surface area (Å²) in [6.07, 6.45) is 0. The van der Waals surface area contributed by atoms with Crippen LogP contribution >= 0.6 is 11.3 Å². The van der Waals surface area contributed by atoms with Crippen LogP contribution in [0.4, 0.5) is 5.69 Å². The molecule has 1 aliphatic rings. The third kappa shape index (κ3) is 4.54. The average molecular weight is 721 g/mol. The van der Waals surface area contributed by atoms with Gasteiger partial charge in [-0.1, -0.05) is 121 Å². The number of thiophene rings is 1. The number of aliphatic imine (C=N–C) groups is 1. The summed E-state index contributed by atoms with van der Waals surface area (Å²) in [7, 11) is 0. The molecule has 0 aliphatic carbocycles. The van der Waals surface area contributed by atoms with Gasteiger partial charge >= 0.3 is 0 Å². The van der Waals surface area contributed by atoms with Crippen LogP contribution in [0.1, 0.15) is 22.7 Å². The molecule has 0 bridgehead atoms. The van der Waals surface area contributed by atoms with Crippen LogP contribution in [0, 0.1) is 0 Å². The molecular formula is C50H32N4S. The molecule has 8 aromatic carbocycles. The van der Waals surface area contributed by atoms with Crippen LogP contribution in [0.15, 0.2) is 187 Å². The standard InChI is InChI=1S/C50H32N4S/c1-3-14-31(15-4-1)48-38-22-7-10-23-41(38)51-50(52-48)32-16-13-19-34(28-32)54-43-27-26-37-36-21-9-12-25-46(36)55-49(37)47(43)40-29-39-35-20-8-11-24-42(35)53(44(39)30-45(40)54)33-17-5-2-6-18-33/h1-30,48H,(H,51,52). The highest BCUT2D eigenvalue weighted by Gasteiger charge is 2.25. The second-order valence-electron chi connectivity index (χ2n) is 14.4. The Kier molecular flexibility index (Phi) is 6.53. The van der Waals surface area contributed by atoms with E-state index in [1.54, 1.807) is 0 Å². The van der Waals surface area contributed by atoms with Crippen molar-refractivity contribution in [2.45, 2.75) is 6.04 Å². The van der Waals surface area contributed by atoms with Crippen molar-refractivity contribution in [1.82, 2.24) is 14.5 Å². The van der Waals surface area contributed by atoms with Gasteiger partial charge in [-0.3, -0.25) is 0 Å². The zero-order chi connectivity index (χ0) is 36.0. The third-order valence-corrected chi connectivity index (χ3v) is 12.6. The molecule has 1 unspecified atom stereocenters. The average Bonchev–Trinajstić information content (AvgIpc) is 3.90. The Bertz CT molecular complexity index is 3350. The summed E-state index contributed by atoms with van der Waals surface area (Å²) in [6, 6.07) is 65.9. The van der Waals surface area contributed by atoms with Gasteiger partial charge in [-0.25, -0.2) is 4.99 Å². The minimum absolute atomic E-state index is 0.00349. The highest BCUT2D eigenvalue weighted by molar-refractivity contribution is 7.26. The molecule has 0 saturated heterocycles. The minimum Gasteiger partial charge on any atom is -0.359 e. The lowest BCUT2D eigenvalue weighted by atomic mass is 9.95. The van der Waals surface area contributed by atoms with Crippen LogP contribution < -0.4 is 5.32 Å². The molecule has 5 heteroatoms. The van der Waals surface area contributed by atoms with E-state index in [-0.39, 0.29) is 6.04 Å². The van der Waals surface area contributed by atoms with E-state index in [1.807, 2.05) is 11.3 Å². The van der Waals surface area contributed by atoms with Crippen molar-refractivity contribution in [3.63, 3.8) is 0 Å². The first-order chi connectivity index (χ1) is 27.3. The first-order valence-corrected chi connectivity index (χ1v) is 19.6. The molecule has 4 heterocycles. The summed E-state index contributed by atoms with van der Waals surface area (Å²) in [5, 5.41) is 11.5. The molecule has 55 heavy (non-hydrogen) atoms. The van der Waals surface area contributed by atoms with Crippen LogP contribution in [0.5, 0.6) is 0 Å². The maximum Gasteiger partial charge on any atom is 0.134 e. The number of aromatic nitrogens is 2. The Morgan fingerprint density at radius 1 is 0.473 bits per heavy atom. The Balaban J connectivity index is 1.15. The Morgan fingerprint density at radius 2 is 1.18 bits per heavy atom. The molecule has 3 aromatic heterocycles. The zero-order valence-corrected chi connectivity index (χ0v) is 30.5. The molecule has 1 atom stereocenters. The summed E-state index contributed by atoms with van der Waals surface area (Å²) in [5.41, 5.74) is 11.5. The molecule has 0 radical (unpaired) electrons. The van der Waals surface area contributed by atoms with Crippen molar-refractivity contribution >= 4 is 86.6 Å². The van der Waals surface area contributed by atoms with Gasteiger partial charge in [0.2, 0.25) is 0 Å². The fraction of sp³-hybridized carbons (Fsp3) is 0.0200. The van der Waals surface area contributed by atoms with Crippen molar-refractivity contribution in [1.29, 1.82) is 0 Å². The third-order valence-electron chi connectivity index (χ3n) is 11.4. The van der Waals surface area contributed by atoms with Gasteiger partial charge in [-0.2, -0.15) is 0 Å². The number of para-hydroxylation sites is 3. The van der Waals surface area contributed by atoms with E-state index in [0.29, 0.717) is 0 Å². The van der Waals surface area contributed by atoms with Gasteiger partial charge in [0, 0.05) is 64.2 Å². The Hall–Kier alpha value is -6.95. The molecule has 0 saturated carbocycles. The van der Waals surface area contributed by atoms with Gasteiger partial charge < -0.3 is 14.5 Å². The van der Waals surface area contributed by atoms with Crippen molar-refractivity contribution in [3.8, 4) is 11.4 Å². The van der Waals surface area contributed by atoms with Crippen molar-refractivity contribution in [3.05, 3.63) is 199 Å². The molecule has 1 aliphatic heterocycles. The van der Waals surface area contributed by atoms with Crippen molar-refractivity contribution < 1.29 is 0 Å². The van der Waals surface area contributed by atoms with Gasteiger partial charge in [0.1, 0.15) is 5.84 Å². The first-order valence-electron chi connectivity index (χ1n) is 18.8. The molecule has 11 aromatic rings. The number of benzene rings is 8. The highest BCUT2D eigenvalue weighted by Crippen LogP contribution is 2.46. The number of rotatable bonds is 4. The molecule has 0 fully saturated rings. The zero-order valence-electron chi connectivity index (χ0n) is 29.6. The quantitative estimate of drug-likeness (QED) is 0.193. The number of fused-ring (bicyclic) bond motifs is 11. The number of nitrogens with zero attached hydrogens (tertiary/aromatic N) is 3. The lowest BCUT2D eigenvalue weighted by molar-refractivity contribution is 0.749. The number of hydrogen-bond donors (Lipinski definition) is 1. The van der Waals surface area contributed by atoms with Crippen LogP contribution in [0.2, 0.25) is 0 Å². The van der Waals surface area contributed by atoms with Crippen LogP contribution in [-0.2, 0) is 0 Å². The van der Waals surface area contributed by atoms with Gasteiger partial charge in [0.25, 0.3) is 0 Å². The van der Waals surface area contributed by atoms with Crippen LogP contribution in [0.3, 0.4) is 0 Å². The SMILES string of the molecule is c1ccc(C2NC(c3cccc(-n4c5cc6c(cc5c5c7sc8ccccc8c7ccc54)c4ccccc4n6-c4ccccc4)c3)=Nc3ccccc32)cc1. The summed E-state index contributed by atoms with van der Waals surface area (Å²) in [6.45, 7) is 0. The van der Waals surface area contributed by atoms with E-state index in [0.717, 1.165) is 28.5 Å². The summed E-state index contributed by atoms with van der Waals surface area (Å²) in [5.74, 6) is 0.869. The smallest absolute Gasteiger partial charge is 0.134 e. The molecule has 0 amide bonds. The lowest BCUT2D eigenvalue weighted by Crippen LogP contribution is -2.32. The van der Waals surface area contributed by atoms with E-state index in [4.69, 9.17) is 4.99 Å². The fourth-order valence-corrected chi connectivity index (χ4v) is 10.2. The predicted octanol–water partition coefficient (Wildman–Crippen LogP) is 13.0.